The number of hydrogen-bond acceptors (Lipinski definition) is 7. The maximum Gasteiger partial charge on any atom is 0.255 e. The van der Waals surface area contributed by atoms with E-state index in [1.54, 1.807) is 11.6 Å². The molecule has 10 heteroatoms. The average molecular weight is 524 g/mol. The number of thiazole rings is 1. The molecule has 0 aliphatic carbocycles. The fourth-order valence-electron chi connectivity index (χ4n) is 5.03. The molecule has 0 saturated carbocycles. The first-order chi connectivity index (χ1) is 17.8. The number of nitrogens with zero attached hydrogens (tertiary/aromatic N) is 4. The molecule has 2 amide bonds. The Morgan fingerprint density at radius 3 is 2.65 bits per heavy atom. The minimum atomic E-state index is -1.23. The predicted octanol–water partition coefficient (Wildman–Crippen LogP) is 3.85. The first-order valence-corrected chi connectivity index (χ1v) is 13.3. The van der Waals surface area contributed by atoms with Crippen LogP contribution in [0, 0.1) is 5.82 Å². The maximum absolute atomic E-state index is 14.2. The van der Waals surface area contributed by atoms with E-state index in [0.29, 0.717) is 16.7 Å². The minimum absolute atomic E-state index is 0.0264. The molecular weight excluding hydrogens is 493 g/mol. The van der Waals surface area contributed by atoms with E-state index in [4.69, 9.17) is 0 Å². The lowest BCUT2D eigenvalue weighted by atomic mass is 10.0. The third-order valence-corrected chi connectivity index (χ3v) is 7.74. The van der Waals surface area contributed by atoms with Crippen molar-refractivity contribution in [3.63, 3.8) is 0 Å². The van der Waals surface area contributed by atoms with Gasteiger partial charge in [0.05, 0.1) is 0 Å². The summed E-state index contributed by atoms with van der Waals surface area (Å²) in [6.07, 6.45) is 1.55. The molecule has 1 aromatic heterocycles. The highest BCUT2D eigenvalue weighted by Crippen LogP contribution is 2.37. The zero-order chi connectivity index (χ0) is 26.1. The van der Waals surface area contributed by atoms with Crippen LogP contribution in [-0.2, 0) is 17.9 Å². The Bertz CT molecular complexity index is 1290. The second-order valence-corrected chi connectivity index (χ2v) is 10.7. The molecule has 2 aliphatic rings. The Kier molecular flexibility index (Phi) is 7.23. The molecule has 5 rings (SSSR count). The molecule has 1 fully saturated rings. The first-order valence-electron chi connectivity index (χ1n) is 12.4. The van der Waals surface area contributed by atoms with Crippen LogP contribution < -0.4 is 5.32 Å². The number of benzene rings is 2. The van der Waals surface area contributed by atoms with Crippen LogP contribution in [-0.4, -0.2) is 68.8 Å². The molecule has 1 saturated heterocycles. The third kappa shape index (κ3) is 5.36. The van der Waals surface area contributed by atoms with Crippen molar-refractivity contribution < 1.29 is 19.1 Å². The highest BCUT2D eigenvalue weighted by atomic mass is 32.1. The number of anilines is 1. The summed E-state index contributed by atoms with van der Waals surface area (Å²) in [4.78, 5) is 37.3. The van der Waals surface area contributed by atoms with E-state index >= 15 is 0 Å². The number of phenols is 1. The van der Waals surface area contributed by atoms with E-state index < -0.39 is 17.8 Å². The summed E-state index contributed by atoms with van der Waals surface area (Å²) in [6.45, 7) is 9.30. The normalized spacial score (nSPS) is 17.3. The van der Waals surface area contributed by atoms with Gasteiger partial charge in [0.25, 0.3) is 11.8 Å². The minimum Gasteiger partial charge on any atom is -0.508 e. The number of carbonyl (C=O) groups excluding carboxylic acids is 2. The van der Waals surface area contributed by atoms with Gasteiger partial charge < -0.3 is 10.0 Å². The van der Waals surface area contributed by atoms with Crippen molar-refractivity contribution in [3.05, 3.63) is 76.0 Å². The molecule has 2 N–H and O–H groups in total. The van der Waals surface area contributed by atoms with Gasteiger partial charge in [-0.05, 0) is 49.2 Å². The van der Waals surface area contributed by atoms with Crippen molar-refractivity contribution in [1.29, 1.82) is 0 Å². The Morgan fingerprint density at radius 2 is 1.95 bits per heavy atom. The van der Waals surface area contributed by atoms with Crippen molar-refractivity contribution >= 4 is 28.3 Å². The molecule has 194 valence electrons. The lowest BCUT2D eigenvalue weighted by Gasteiger charge is -2.37. The number of nitrogens with one attached hydrogen (secondary N) is 1. The van der Waals surface area contributed by atoms with Crippen LogP contribution in [0.1, 0.15) is 46.9 Å². The molecule has 0 bridgehead atoms. The van der Waals surface area contributed by atoms with Crippen molar-refractivity contribution in [1.82, 2.24) is 19.7 Å². The number of amides is 2. The van der Waals surface area contributed by atoms with Gasteiger partial charge in [0.1, 0.15) is 17.6 Å². The SMILES string of the molecule is CC(C)N1CCN(Cc2ccc3c(c2)C(=O)N(C(C(=O)Nc2nccs2)c2cc(F)ccc2O)C3)CC1. The van der Waals surface area contributed by atoms with E-state index in [-0.39, 0.29) is 23.8 Å². The molecular formula is C27H30FN5O3S. The number of fused-ring (bicyclic) bond motifs is 1. The van der Waals surface area contributed by atoms with Crippen molar-refractivity contribution in [3.8, 4) is 5.75 Å². The van der Waals surface area contributed by atoms with Crippen molar-refractivity contribution in [2.24, 2.45) is 0 Å². The van der Waals surface area contributed by atoms with Crippen LogP contribution in [0.4, 0.5) is 9.52 Å². The summed E-state index contributed by atoms with van der Waals surface area (Å²) >= 11 is 1.23. The first kappa shape index (κ1) is 25.3. The molecule has 2 aromatic carbocycles. The third-order valence-electron chi connectivity index (χ3n) is 7.06. The number of carbonyl (C=O) groups is 2. The molecule has 1 unspecified atom stereocenters. The Morgan fingerprint density at radius 1 is 1.16 bits per heavy atom. The van der Waals surface area contributed by atoms with Crippen LogP contribution in [0.3, 0.4) is 0 Å². The monoisotopic (exact) mass is 523 g/mol. The fraction of sp³-hybridized carbons (Fsp3) is 0.370. The summed E-state index contributed by atoms with van der Waals surface area (Å²) in [5.74, 6) is -1.76. The molecule has 2 aliphatic heterocycles. The number of aromatic hydroxyl groups is 1. The molecule has 37 heavy (non-hydrogen) atoms. The number of phenolic OH excluding ortho intramolecular Hbond substituents is 1. The number of aromatic nitrogens is 1. The highest BCUT2D eigenvalue weighted by Gasteiger charge is 2.39. The summed E-state index contributed by atoms with van der Waals surface area (Å²) in [5, 5.41) is 15.3. The second-order valence-electron chi connectivity index (χ2n) is 9.76. The summed E-state index contributed by atoms with van der Waals surface area (Å²) in [7, 11) is 0. The molecule has 3 heterocycles. The Hall–Kier alpha value is -3.34. The fourth-order valence-corrected chi connectivity index (χ4v) is 5.56. The van der Waals surface area contributed by atoms with Gasteiger partial charge in [0.15, 0.2) is 5.13 Å². The van der Waals surface area contributed by atoms with Gasteiger partial charge >= 0.3 is 0 Å². The predicted molar refractivity (Wildman–Crippen MR) is 140 cm³/mol. The molecule has 0 radical (unpaired) electrons. The zero-order valence-corrected chi connectivity index (χ0v) is 21.7. The molecule has 1 atom stereocenters. The van der Waals surface area contributed by atoms with Crippen LogP contribution in [0.25, 0.3) is 0 Å². The highest BCUT2D eigenvalue weighted by molar-refractivity contribution is 7.13. The van der Waals surface area contributed by atoms with E-state index in [0.717, 1.165) is 56.0 Å². The van der Waals surface area contributed by atoms with Crippen LogP contribution in [0.5, 0.6) is 5.75 Å². The molecule has 8 nitrogen and oxygen atoms in total. The lowest BCUT2D eigenvalue weighted by Crippen LogP contribution is -2.48. The second kappa shape index (κ2) is 10.6. The standard InChI is InChI=1S/C27H30FN5O3S/c1-17(2)32-10-8-31(9-11-32)15-18-3-4-19-16-33(26(36)21(19)13-18)24(22-14-20(28)5-6-23(22)34)25(35)30-27-29-7-12-37-27/h3-7,12-14,17,24,34H,8-11,15-16H2,1-2H3,(H,29,30,35). The van der Waals surface area contributed by atoms with E-state index in [9.17, 15) is 19.1 Å². The van der Waals surface area contributed by atoms with E-state index in [2.05, 4.69) is 33.9 Å². The lowest BCUT2D eigenvalue weighted by molar-refractivity contribution is -0.120. The van der Waals surface area contributed by atoms with Crippen LogP contribution in [0.2, 0.25) is 0 Å². The van der Waals surface area contributed by atoms with E-state index in [1.165, 1.54) is 22.3 Å². The van der Waals surface area contributed by atoms with Crippen molar-refractivity contribution in [2.75, 3.05) is 31.5 Å². The van der Waals surface area contributed by atoms with Gasteiger partial charge in [-0.15, -0.1) is 11.3 Å². The summed E-state index contributed by atoms with van der Waals surface area (Å²) in [6, 6.07) is 8.55. The summed E-state index contributed by atoms with van der Waals surface area (Å²) < 4.78 is 14.2. The van der Waals surface area contributed by atoms with Gasteiger partial charge in [-0.25, -0.2) is 9.37 Å². The molecule has 0 spiro atoms. The topological polar surface area (TPSA) is 89.0 Å². The van der Waals surface area contributed by atoms with Crippen LogP contribution in [0.15, 0.2) is 48.0 Å². The van der Waals surface area contributed by atoms with Gasteiger partial charge in [-0.2, -0.15) is 0 Å². The average Bonchev–Trinajstić information content (AvgIpc) is 3.50. The summed E-state index contributed by atoms with van der Waals surface area (Å²) in [5.41, 5.74) is 2.38. The Labute approximate surface area is 219 Å². The number of halogens is 1. The van der Waals surface area contributed by atoms with Gasteiger partial charge in [-0.3, -0.25) is 24.7 Å². The largest absolute Gasteiger partial charge is 0.508 e. The number of rotatable bonds is 7. The molecule has 3 aromatic rings. The Balaban J connectivity index is 1.38. The van der Waals surface area contributed by atoms with Crippen molar-refractivity contribution in [2.45, 2.75) is 39.0 Å². The number of hydrogen-bond donors (Lipinski definition) is 2. The van der Waals surface area contributed by atoms with Gasteiger partial charge in [0, 0.05) is 68.0 Å². The maximum atomic E-state index is 14.2. The smallest absolute Gasteiger partial charge is 0.255 e. The van der Waals surface area contributed by atoms with Gasteiger partial charge in [0.2, 0.25) is 0 Å². The number of piperazine rings is 1. The zero-order valence-electron chi connectivity index (χ0n) is 20.9. The quantitative estimate of drug-likeness (QED) is 0.489. The van der Waals surface area contributed by atoms with Crippen LogP contribution >= 0.6 is 11.3 Å². The van der Waals surface area contributed by atoms with E-state index in [1.807, 2.05) is 18.2 Å². The van der Waals surface area contributed by atoms with Gasteiger partial charge in [-0.1, -0.05) is 12.1 Å².